The van der Waals surface area contributed by atoms with Crippen molar-refractivity contribution in [3.8, 4) is 11.5 Å². The molecule has 0 amide bonds. The van der Waals surface area contributed by atoms with Gasteiger partial charge >= 0.3 is 11.9 Å². The van der Waals surface area contributed by atoms with E-state index >= 15 is 0 Å². The van der Waals surface area contributed by atoms with E-state index in [4.69, 9.17) is 18.9 Å². The topological polar surface area (TPSA) is 71.1 Å². The predicted molar refractivity (Wildman–Crippen MR) is 152 cm³/mol. The minimum atomic E-state index is -0.495. The number of unbranched alkanes of at least 4 members (excludes halogenated alkanes) is 14. The Labute approximate surface area is 229 Å². The normalized spacial score (nSPS) is 10.9. The van der Waals surface area contributed by atoms with Crippen LogP contribution in [0, 0.1) is 0 Å². The van der Waals surface area contributed by atoms with E-state index in [1.807, 2.05) is 0 Å². The van der Waals surface area contributed by atoms with Crippen LogP contribution in [0.25, 0.3) is 0 Å². The molecule has 0 radical (unpaired) electrons. The summed E-state index contributed by atoms with van der Waals surface area (Å²) in [5.41, 5.74) is 0. The molecule has 1 aromatic rings. The molecule has 0 aromatic carbocycles. The van der Waals surface area contributed by atoms with Crippen molar-refractivity contribution < 1.29 is 28.5 Å². The first kappa shape index (κ1) is 33.3. The highest BCUT2D eigenvalue weighted by Crippen LogP contribution is 2.43. The quantitative estimate of drug-likeness (QED) is 0.0961. The van der Waals surface area contributed by atoms with Crippen molar-refractivity contribution in [2.75, 3.05) is 26.4 Å². The molecule has 0 saturated heterocycles. The first-order chi connectivity index (χ1) is 18.1. The number of rotatable bonds is 24. The Kier molecular flexibility index (Phi) is 20.0. The second-order valence-corrected chi connectivity index (χ2v) is 10.5. The number of esters is 2. The van der Waals surface area contributed by atoms with Gasteiger partial charge in [0.1, 0.15) is 0 Å². The zero-order chi connectivity index (χ0) is 27.1. The average Bonchev–Trinajstić information content (AvgIpc) is 3.25. The molecule has 214 valence electrons. The predicted octanol–water partition coefficient (Wildman–Crippen LogP) is 9.14. The average molecular weight is 541 g/mol. The maximum atomic E-state index is 12.7. The van der Waals surface area contributed by atoms with Gasteiger partial charge in [-0.1, -0.05) is 104 Å². The van der Waals surface area contributed by atoms with Gasteiger partial charge in [-0.05, 0) is 26.7 Å². The zero-order valence-corrected chi connectivity index (χ0v) is 24.8. The van der Waals surface area contributed by atoms with Crippen molar-refractivity contribution in [3.63, 3.8) is 0 Å². The summed E-state index contributed by atoms with van der Waals surface area (Å²) in [6.07, 6.45) is 19.1. The zero-order valence-electron chi connectivity index (χ0n) is 24.0. The van der Waals surface area contributed by atoms with E-state index in [2.05, 4.69) is 13.8 Å². The van der Waals surface area contributed by atoms with Gasteiger partial charge in [0.25, 0.3) is 0 Å². The summed E-state index contributed by atoms with van der Waals surface area (Å²) in [6, 6.07) is 0. The van der Waals surface area contributed by atoms with E-state index in [1.165, 1.54) is 77.0 Å². The highest BCUT2D eigenvalue weighted by molar-refractivity contribution is 7.16. The van der Waals surface area contributed by atoms with Crippen LogP contribution >= 0.6 is 11.3 Å². The van der Waals surface area contributed by atoms with Crippen LogP contribution in [0.15, 0.2) is 0 Å². The summed E-state index contributed by atoms with van der Waals surface area (Å²) in [6.45, 7) is 9.41. The first-order valence-corrected chi connectivity index (χ1v) is 15.7. The molecule has 0 aliphatic rings. The highest BCUT2D eigenvalue weighted by atomic mass is 32.1. The summed E-state index contributed by atoms with van der Waals surface area (Å²) < 4.78 is 22.7. The second-order valence-electron chi connectivity index (χ2n) is 9.51. The Hall–Kier alpha value is -1.76. The van der Waals surface area contributed by atoms with Crippen molar-refractivity contribution in [1.82, 2.24) is 0 Å². The van der Waals surface area contributed by atoms with E-state index in [-0.39, 0.29) is 23.0 Å². The number of hydrogen-bond acceptors (Lipinski definition) is 7. The number of thiophene rings is 1. The monoisotopic (exact) mass is 540 g/mol. The van der Waals surface area contributed by atoms with Gasteiger partial charge in [0, 0.05) is 0 Å². The van der Waals surface area contributed by atoms with Gasteiger partial charge in [-0.25, -0.2) is 9.59 Å². The van der Waals surface area contributed by atoms with Gasteiger partial charge in [-0.3, -0.25) is 0 Å². The molecule has 1 heterocycles. The number of ether oxygens (including phenoxy) is 4. The summed E-state index contributed by atoms with van der Waals surface area (Å²) in [4.78, 5) is 25.9. The van der Waals surface area contributed by atoms with Crippen molar-refractivity contribution >= 4 is 23.3 Å². The lowest BCUT2D eigenvalue weighted by molar-refractivity contribution is 0.0516. The smallest absolute Gasteiger partial charge is 0.352 e. The van der Waals surface area contributed by atoms with Crippen LogP contribution < -0.4 is 9.47 Å². The van der Waals surface area contributed by atoms with Crippen molar-refractivity contribution in [1.29, 1.82) is 0 Å². The van der Waals surface area contributed by atoms with E-state index < -0.39 is 11.9 Å². The van der Waals surface area contributed by atoms with E-state index in [0.29, 0.717) is 24.7 Å². The van der Waals surface area contributed by atoms with Gasteiger partial charge in [0.05, 0.1) is 26.4 Å². The molecule has 7 heteroatoms. The van der Waals surface area contributed by atoms with Crippen LogP contribution in [0.1, 0.15) is 150 Å². The SMILES string of the molecule is CCCCCCCCCCOc1c(C(=O)OCC)sc(C(=O)OCC)c1OCCCCCCCCCC. The maximum Gasteiger partial charge on any atom is 0.352 e. The number of hydrogen-bond donors (Lipinski definition) is 0. The molecule has 0 saturated carbocycles. The van der Waals surface area contributed by atoms with E-state index in [1.54, 1.807) is 13.8 Å². The van der Waals surface area contributed by atoms with Gasteiger partial charge < -0.3 is 18.9 Å². The second kappa shape index (κ2) is 22.2. The summed E-state index contributed by atoms with van der Waals surface area (Å²) >= 11 is 1.04. The van der Waals surface area contributed by atoms with Crippen molar-refractivity contribution in [2.24, 2.45) is 0 Å². The molecule has 0 bridgehead atoms. The molecule has 0 spiro atoms. The molecule has 37 heavy (non-hydrogen) atoms. The molecule has 0 N–H and O–H groups in total. The summed E-state index contributed by atoms with van der Waals surface area (Å²) in [5, 5.41) is 0. The number of carbonyl (C=O) groups is 2. The third-order valence-corrected chi connectivity index (χ3v) is 7.35. The summed E-state index contributed by atoms with van der Waals surface area (Å²) in [7, 11) is 0. The van der Waals surface area contributed by atoms with Crippen LogP contribution in [0.5, 0.6) is 11.5 Å². The van der Waals surface area contributed by atoms with Crippen LogP contribution in [0.3, 0.4) is 0 Å². The highest BCUT2D eigenvalue weighted by Gasteiger charge is 2.31. The Morgan fingerprint density at radius 1 is 0.514 bits per heavy atom. The summed E-state index contributed by atoms with van der Waals surface area (Å²) in [5.74, 6) is -0.333. The lowest BCUT2D eigenvalue weighted by Crippen LogP contribution is -2.08. The number of carbonyl (C=O) groups excluding carboxylic acids is 2. The van der Waals surface area contributed by atoms with Gasteiger partial charge in [0.2, 0.25) is 0 Å². The minimum absolute atomic E-state index is 0.247. The molecule has 0 fully saturated rings. The Balaban J connectivity index is 2.77. The standard InChI is InChI=1S/C30H52O6S/c1-5-9-11-13-15-17-19-21-23-35-25-26(36-24-22-20-18-16-14-12-10-6-2)28(30(32)34-8-4)37-27(25)29(31)33-7-3/h5-24H2,1-4H3. The molecule has 0 unspecified atom stereocenters. The van der Waals surface area contributed by atoms with Crippen molar-refractivity contribution in [2.45, 2.75) is 130 Å². The van der Waals surface area contributed by atoms with Gasteiger partial charge in [-0.15, -0.1) is 11.3 Å². The minimum Gasteiger partial charge on any atom is -0.488 e. The molecule has 1 aromatic heterocycles. The molecule has 1 rings (SSSR count). The third kappa shape index (κ3) is 14.1. The molecular weight excluding hydrogens is 488 g/mol. The largest absolute Gasteiger partial charge is 0.488 e. The van der Waals surface area contributed by atoms with Crippen molar-refractivity contribution in [3.05, 3.63) is 9.75 Å². The van der Waals surface area contributed by atoms with Gasteiger partial charge in [-0.2, -0.15) is 0 Å². The van der Waals surface area contributed by atoms with Crippen LogP contribution in [-0.2, 0) is 9.47 Å². The van der Waals surface area contributed by atoms with E-state index in [9.17, 15) is 9.59 Å². The first-order valence-electron chi connectivity index (χ1n) is 14.9. The molecule has 0 aliphatic carbocycles. The fourth-order valence-electron chi connectivity index (χ4n) is 4.15. The lowest BCUT2D eigenvalue weighted by atomic mass is 10.1. The Morgan fingerprint density at radius 2 is 0.838 bits per heavy atom. The van der Waals surface area contributed by atoms with E-state index in [0.717, 1.165) is 37.0 Å². The lowest BCUT2D eigenvalue weighted by Gasteiger charge is -2.12. The third-order valence-electron chi connectivity index (χ3n) is 6.23. The fourth-order valence-corrected chi connectivity index (χ4v) is 5.12. The van der Waals surface area contributed by atoms with Crippen LogP contribution in [0.2, 0.25) is 0 Å². The molecule has 0 aliphatic heterocycles. The Bertz CT molecular complexity index is 671. The van der Waals surface area contributed by atoms with Crippen LogP contribution in [0.4, 0.5) is 0 Å². The Morgan fingerprint density at radius 3 is 1.16 bits per heavy atom. The van der Waals surface area contributed by atoms with Crippen LogP contribution in [-0.4, -0.2) is 38.4 Å². The molecular formula is C30H52O6S. The molecule has 0 atom stereocenters. The van der Waals surface area contributed by atoms with Gasteiger partial charge in [0.15, 0.2) is 21.3 Å². The maximum absolute atomic E-state index is 12.7. The molecule has 6 nitrogen and oxygen atoms in total. The fraction of sp³-hybridized carbons (Fsp3) is 0.800.